The third-order valence-electron chi connectivity index (χ3n) is 6.39. The van der Waals surface area contributed by atoms with Gasteiger partial charge in [0.15, 0.2) is 11.5 Å². The molecule has 0 bridgehead atoms. The minimum Gasteiger partial charge on any atom is -0.369 e. The number of nitrogens with one attached hydrogen (secondary N) is 1. The van der Waals surface area contributed by atoms with Gasteiger partial charge in [-0.05, 0) is 62.4 Å². The largest absolute Gasteiger partial charge is 0.369 e. The molecule has 0 atom stereocenters. The molecule has 1 aliphatic rings. The molecule has 3 aromatic heterocycles. The Kier molecular flexibility index (Phi) is 6.08. The Morgan fingerprint density at radius 1 is 1.09 bits per heavy atom. The number of pyridine rings is 1. The summed E-state index contributed by atoms with van der Waals surface area (Å²) in [6, 6.07) is 10.1. The van der Waals surface area contributed by atoms with Crippen molar-refractivity contribution in [3.8, 4) is 5.82 Å². The molecule has 1 saturated heterocycles. The molecule has 4 heterocycles. The second-order valence-corrected chi connectivity index (χ2v) is 9.03. The van der Waals surface area contributed by atoms with Crippen molar-refractivity contribution in [2.24, 2.45) is 0 Å². The van der Waals surface area contributed by atoms with Crippen LogP contribution in [0.4, 0.5) is 17.3 Å². The van der Waals surface area contributed by atoms with Gasteiger partial charge < -0.3 is 15.1 Å². The second-order valence-electron chi connectivity index (χ2n) is 9.03. The molecule has 1 N–H and O–H groups in total. The van der Waals surface area contributed by atoms with Crippen LogP contribution in [-0.2, 0) is 6.54 Å². The van der Waals surface area contributed by atoms with Crippen molar-refractivity contribution in [3.63, 3.8) is 0 Å². The highest BCUT2D eigenvalue weighted by atomic mass is 16.1. The van der Waals surface area contributed by atoms with Gasteiger partial charge in [0.2, 0.25) is 5.95 Å². The van der Waals surface area contributed by atoms with Crippen molar-refractivity contribution in [3.05, 3.63) is 76.9 Å². The number of anilines is 3. The summed E-state index contributed by atoms with van der Waals surface area (Å²) >= 11 is 0. The number of nitrogens with zero attached hydrogens (tertiary/aromatic N) is 7. The Morgan fingerprint density at radius 2 is 1.89 bits per heavy atom. The Morgan fingerprint density at radius 3 is 2.60 bits per heavy atom. The summed E-state index contributed by atoms with van der Waals surface area (Å²) in [4.78, 5) is 31.5. The molecule has 9 nitrogen and oxygen atoms in total. The fourth-order valence-electron chi connectivity index (χ4n) is 4.51. The van der Waals surface area contributed by atoms with Crippen molar-refractivity contribution in [2.45, 2.75) is 20.4 Å². The molecule has 9 heteroatoms. The van der Waals surface area contributed by atoms with E-state index in [-0.39, 0.29) is 5.56 Å². The summed E-state index contributed by atoms with van der Waals surface area (Å²) in [5.41, 5.74) is 4.70. The van der Waals surface area contributed by atoms with E-state index in [1.54, 1.807) is 27.8 Å². The van der Waals surface area contributed by atoms with Gasteiger partial charge in [-0.1, -0.05) is 6.08 Å². The summed E-state index contributed by atoms with van der Waals surface area (Å²) in [5.74, 6) is 1.04. The molecule has 4 aromatic rings. The molecule has 5 rings (SSSR count). The lowest BCUT2D eigenvalue weighted by Gasteiger charge is -2.35. The number of likely N-dealkylation sites (N-methyl/N-ethyl adjacent to an activating group) is 1. The first kappa shape index (κ1) is 22.8. The lowest BCUT2D eigenvalue weighted by atomic mass is 10.1. The van der Waals surface area contributed by atoms with Crippen LogP contribution < -0.4 is 15.8 Å². The molecule has 0 saturated carbocycles. The van der Waals surface area contributed by atoms with Crippen LogP contribution in [0.2, 0.25) is 0 Å². The van der Waals surface area contributed by atoms with Crippen LogP contribution in [0.25, 0.3) is 16.9 Å². The molecule has 0 aliphatic carbocycles. The normalized spacial score (nSPS) is 14.4. The van der Waals surface area contributed by atoms with E-state index in [4.69, 9.17) is 4.98 Å². The number of allylic oxidation sites excluding steroid dienone is 1. The van der Waals surface area contributed by atoms with Crippen LogP contribution >= 0.6 is 0 Å². The highest BCUT2D eigenvalue weighted by Gasteiger charge is 2.19. The highest BCUT2D eigenvalue weighted by molar-refractivity contribution is 5.77. The van der Waals surface area contributed by atoms with Crippen molar-refractivity contribution >= 4 is 28.4 Å². The van der Waals surface area contributed by atoms with Crippen LogP contribution in [0.1, 0.15) is 11.1 Å². The van der Waals surface area contributed by atoms with Gasteiger partial charge in [0, 0.05) is 49.9 Å². The summed E-state index contributed by atoms with van der Waals surface area (Å²) < 4.78 is 3.31. The predicted molar refractivity (Wildman–Crippen MR) is 140 cm³/mol. The number of piperazine rings is 1. The first-order valence-corrected chi connectivity index (χ1v) is 11.8. The van der Waals surface area contributed by atoms with Crippen LogP contribution in [0.5, 0.6) is 0 Å². The first-order valence-electron chi connectivity index (χ1n) is 11.8. The van der Waals surface area contributed by atoms with Crippen molar-refractivity contribution < 1.29 is 0 Å². The topological polar surface area (TPSA) is 84.1 Å². The van der Waals surface area contributed by atoms with Gasteiger partial charge in [-0.15, -0.1) is 6.58 Å². The van der Waals surface area contributed by atoms with Gasteiger partial charge in [-0.2, -0.15) is 4.98 Å². The monoisotopic (exact) mass is 470 g/mol. The molecular weight excluding hydrogens is 440 g/mol. The van der Waals surface area contributed by atoms with Crippen LogP contribution in [0.3, 0.4) is 0 Å². The Labute approximate surface area is 204 Å². The number of fused-ring (bicyclic) bond motifs is 1. The zero-order valence-electron chi connectivity index (χ0n) is 20.4. The lowest BCUT2D eigenvalue weighted by Crippen LogP contribution is -2.44. The average Bonchev–Trinajstić information content (AvgIpc) is 3.11. The first-order chi connectivity index (χ1) is 16.9. The van der Waals surface area contributed by atoms with E-state index in [2.05, 4.69) is 57.8 Å². The Bertz CT molecular complexity index is 1450. The number of hydrogen-bond donors (Lipinski definition) is 1. The highest BCUT2D eigenvalue weighted by Crippen LogP contribution is 2.26. The average molecular weight is 471 g/mol. The Hall–Kier alpha value is -3.98. The van der Waals surface area contributed by atoms with Gasteiger partial charge in [0.05, 0.1) is 6.54 Å². The number of benzene rings is 1. The van der Waals surface area contributed by atoms with E-state index in [0.717, 1.165) is 37.4 Å². The summed E-state index contributed by atoms with van der Waals surface area (Å²) in [6.07, 6.45) is 4.98. The molecule has 0 spiro atoms. The summed E-state index contributed by atoms with van der Waals surface area (Å²) in [7, 11) is 2.16. The zero-order valence-corrected chi connectivity index (χ0v) is 20.4. The molecule has 1 aliphatic heterocycles. The zero-order chi connectivity index (χ0) is 24.5. The van der Waals surface area contributed by atoms with E-state index < -0.39 is 0 Å². The molecule has 35 heavy (non-hydrogen) atoms. The van der Waals surface area contributed by atoms with E-state index in [1.165, 1.54) is 11.3 Å². The van der Waals surface area contributed by atoms with E-state index in [9.17, 15) is 4.79 Å². The Balaban J connectivity index is 1.50. The van der Waals surface area contributed by atoms with E-state index in [1.807, 2.05) is 25.1 Å². The van der Waals surface area contributed by atoms with Gasteiger partial charge in [-0.3, -0.25) is 4.79 Å². The van der Waals surface area contributed by atoms with Crippen LogP contribution in [-0.4, -0.2) is 62.4 Å². The summed E-state index contributed by atoms with van der Waals surface area (Å²) in [5, 5.41) is 3.74. The maximum Gasteiger partial charge on any atom is 0.278 e. The minimum atomic E-state index is -0.179. The number of aromatic nitrogens is 5. The quantitative estimate of drug-likeness (QED) is 0.433. The molecular formula is C26H30N8O. The van der Waals surface area contributed by atoms with Crippen molar-refractivity contribution in [1.29, 1.82) is 0 Å². The molecule has 1 aromatic carbocycles. The van der Waals surface area contributed by atoms with Crippen molar-refractivity contribution in [1.82, 2.24) is 29.2 Å². The molecule has 0 unspecified atom stereocenters. The number of rotatable bonds is 6. The third kappa shape index (κ3) is 4.42. The van der Waals surface area contributed by atoms with E-state index in [0.29, 0.717) is 29.3 Å². The van der Waals surface area contributed by atoms with Crippen molar-refractivity contribution in [2.75, 3.05) is 43.4 Å². The fraction of sp³-hybridized carbons (Fsp3) is 0.308. The number of hydrogen-bond acceptors (Lipinski definition) is 7. The van der Waals surface area contributed by atoms with Crippen LogP contribution in [0.15, 0.2) is 60.2 Å². The number of aryl methyl sites for hydroxylation is 2. The second kappa shape index (κ2) is 9.34. The standard InChI is InChI=1S/C26H30N8O/c1-5-10-33-25(35)21-17-28-26(30-24(21)34(33)23-15-18(2)8-9-27-23)29-20-6-7-22(19(3)16-20)32-13-11-31(4)12-14-32/h5-9,15-17H,1,10-14H2,2-4H3,(H,28,29,30). The van der Waals surface area contributed by atoms with Crippen LogP contribution in [0, 0.1) is 13.8 Å². The predicted octanol–water partition coefficient (Wildman–Crippen LogP) is 3.28. The maximum atomic E-state index is 13.1. The van der Waals surface area contributed by atoms with Gasteiger partial charge in [-0.25, -0.2) is 19.3 Å². The molecule has 0 radical (unpaired) electrons. The molecule has 0 amide bonds. The molecule has 180 valence electrons. The van der Waals surface area contributed by atoms with Gasteiger partial charge >= 0.3 is 0 Å². The fourth-order valence-corrected chi connectivity index (χ4v) is 4.51. The lowest BCUT2D eigenvalue weighted by molar-refractivity contribution is 0.312. The third-order valence-corrected chi connectivity index (χ3v) is 6.39. The smallest absolute Gasteiger partial charge is 0.278 e. The maximum absolute atomic E-state index is 13.1. The van der Waals surface area contributed by atoms with E-state index >= 15 is 0 Å². The van der Waals surface area contributed by atoms with Gasteiger partial charge in [0.25, 0.3) is 5.56 Å². The minimum absolute atomic E-state index is 0.179. The summed E-state index contributed by atoms with van der Waals surface area (Å²) in [6.45, 7) is 12.4. The molecule has 1 fully saturated rings. The van der Waals surface area contributed by atoms with Gasteiger partial charge in [0.1, 0.15) is 5.39 Å². The SMILES string of the molecule is C=CCn1c(=O)c2cnc(Nc3ccc(N4CCN(C)CC4)c(C)c3)nc2n1-c1cc(C)ccn1.